The molecular weight excluding hydrogens is 289 g/mol. The standard InChI is InChI=1S/C17H24BN3O2/c1-10(2)12-6-5-11(7-14(12)19)18-21-9-13(17(3,4)23)15(20)8-16(21)22/h5-10,18,23H,19-20H2,1-4H3. The minimum Gasteiger partial charge on any atom is -0.399 e. The van der Waals surface area contributed by atoms with Crippen molar-refractivity contribution in [3.05, 3.63) is 51.9 Å². The summed E-state index contributed by atoms with van der Waals surface area (Å²) in [5.41, 5.74) is 14.2. The zero-order valence-corrected chi connectivity index (χ0v) is 14.1. The lowest BCUT2D eigenvalue weighted by Gasteiger charge is -2.21. The first-order valence-electron chi connectivity index (χ1n) is 7.70. The van der Waals surface area contributed by atoms with E-state index in [0.29, 0.717) is 24.6 Å². The van der Waals surface area contributed by atoms with E-state index in [0.717, 1.165) is 16.7 Å². The third-order valence-electron chi connectivity index (χ3n) is 3.94. The molecule has 2 rings (SSSR count). The van der Waals surface area contributed by atoms with Gasteiger partial charge in [-0.05, 0) is 31.4 Å². The molecule has 5 nitrogen and oxygen atoms in total. The molecule has 122 valence electrons. The highest BCUT2D eigenvalue weighted by atomic mass is 16.3. The summed E-state index contributed by atoms with van der Waals surface area (Å²) in [6.07, 6.45) is 1.62. The number of hydrogen-bond acceptors (Lipinski definition) is 4. The van der Waals surface area contributed by atoms with Crippen LogP contribution in [0.25, 0.3) is 0 Å². The number of aromatic nitrogens is 1. The van der Waals surface area contributed by atoms with Crippen molar-refractivity contribution in [2.24, 2.45) is 0 Å². The Kier molecular flexibility index (Phi) is 4.57. The Morgan fingerprint density at radius 1 is 1.17 bits per heavy atom. The van der Waals surface area contributed by atoms with Gasteiger partial charge in [-0.2, -0.15) is 0 Å². The van der Waals surface area contributed by atoms with Gasteiger partial charge in [0, 0.05) is 29.2 Å². The number of hydrogen-bond donors (Lipinski definition) is 3. The molecule has 0 spiro atoms. The molecule has 2 aromatic rings. The van der Waals surface area contributed by atoms with Crippen molar-refractivity contribution >= 4 is 24.3 Å². The average Bonchev–Trinajstić information content (AvgIpc) is 2.40. The van der Waals surface area contributed by atoms with E-state index in [1.54, 1.807) is 20.0 Å². The van der Waals surface area contributed by atoms with E-state index in [1.165, 1.54) is 10.5 Å². The molecule has 0 fully saturated rings. The maximum Gasteiger partial charge on any atom is 0.279 e. The molecule has 0 unspecified atom stereocenters. The second kappa shape index (κ2) is 6.12. The highest BCUT2D eigenvalue weighted by molar-refractivity contribution is 6.52. The second-order valence-corrected chi connectivity index (χ2v) is 6.79. The van der Waals surface area contributed by atoms with Gasteiger partial charge in [0.05, 0.1) is 5.60 Å². The van der Waals surface area contributed by atoms with Gasteiger partial charge in [-0.15, -0.1) is 0 Å². The van der Waals surface area contributed by atoms with Crippen molar-refractivity contribution in [3.8, 4) is 0 Å². The van der Waals surface area contributed by atoms with Crippen LogP contribution in [0.5, 0.6) is 0 Å². The summed E-state index contributed by atoms with van der Waals surface area (Å²) < 4.78 is 1.54. The Morgan fingerprint density at radius 3 is 2.35 bits per heavy atom. The Balaban J connectivity index is 2.41. The summed E-state index contributed by atoms with van der Waals surface area (Å²) in [5.74, 6) is 0.352. The maximum atomic E-state index is 12.2. The van der Waals surface area contributed by atoms with Crippen molar-refractivity contribution < 1.29 is 5.11 Å². The van der Waals surface area contributed by atoms with Gasteiger partial charge in [-0.25, -0.2) is 0 Å². The summed E-state index contributed by atoms with van der Waals surface area (Å²) >= 11 is 0. The van der Waals surface area contributed by atoms with Crippen LogP contribution in [-0.2, 0) is 5.60 Å². The Labute approximate surface area is 137 Å². The van der Waals surface area contributed by atoms with Gasteiger partial charge in [0.2, 0.25) is 5.56 Å². The van der Waals surface area contributed by atoms with Gasteiger partial charge in [0.1, 0.15) is 0 Å². The van der Waals surface area contributed by atoms with E-state index >= 15 is 0 Å². The number of anilines is 2. The van der Waals surface area contributed by atoms with Crippen LogP contribution in [0.15, 0.2) is 35.3 Å². The SMILES string of the molecule is CC(C)c1ccc(Bn2cc(C(C)(C)O)c(N)cc2=O)cc1N. The first-order chi connectivity index (χ1) is 10.6. The van der Waals surface area contributed by atoms with Crippen molar-refractivity contribution in [3.63, 3.8) is 0 Å². The third kappa shape index (κ3) is 3.77. The minimum atomic E-state index is -1.11. The summed E-state index contributed by atoms with van der Waals surface area (Å²) in [7, 11) is 0.380. The normalized spacial score (nSPS) is 11.7. The molecule has 0 aliphatic rings. The Hall–Kier alpha value is -2.21. The summed E-state index contributed by atoms with van der Waals surface area (Å²) in [6, 6.07) is 7.20. The summed E-state index contributed by atoms with van der Waals surface area (Å²) in [6.45, 7) is 7.46. The second-order valence-electron chi connectivity index (χ2n) is 6.79. The molecule has 0 bridgehead atoms. The molecule has 0 amide bonds. The fourth-order valence-electron chi connectivity index (χ4n) is 2.67. The highest BCUT2D eigenvalue weighted by Gasteiger charge is 2.20. The fourth-order valence-corrected chi connectivity index (χ4v) is 2.67. The predicted octanol–water partition coefficient (Wildman–Crippen LogP) is 0.889. The van der Waals surface area contributed by atoms with Gasteiger partial charge in [-0.1, -0.05) is 31.4 Å². The van der Waals surface area contributed by atoms with Crippen LogP contribution < -0.4 is 22.5 Å². The molecule has 1 aromatic carbocycles. The number of nitrogens with zero attached hydrogens (tertiary/aromatic N) is 1. The van der Waals surface area contributed by atoms with Crippen LogP contribution in [0.2, 0.25) is 0 Å². The number of rotatable bonds is 4. The van der Waals surface area contributed by atoms with Gasteiger partial charge in [0.15, 0.2) is 0 Å². The largest absolute Gasteiger partial charge is 0.399 e. The number of pyridine rings is 1. The summed E-state index contributed by atoms with van der Waals surface area (Å²) in [5, 5.41) is 10.2. The smallest absolute Gasteiger partial charge is 0.279 e. The van der Waals surface area contributed by atoms with Crippen LogP contribution in [0.3, 0.4) is 0 Å². The van der Waals surface area contributed by atoms with Gasteiger partial charge < -0.3 is 21.1 Å². The zero-order valence-electron chi connectivity index (χ0n) is 14.1. The molecule has 0 saturated heterocycles. The van der Waals surface area contributed by atoms with Crippen LogP contribution >= 0.6 is 0 Å². The van der Waals surface area contributed by atoms with Crippen LogP contribution in [0.1, 0.15) is 44.7 Å². The number of nitrogens with two attached hydrogens (primary N) is 2. The molecule has 0 aliphatic carbocycles. The molecule has 0 saturated carbocycles. The molecule has 23 heavy (non-hydrogen) atoms. The molecule has 6 heteroatoms. The van der Waals surface area contributed by atoms with Gasteiger partial charge in [0.25, 0.3) is 7.41 Å². The lowest BCUT2D eigenvalue weighted by molar-refractivity contribution is 0.0789. The highest BCUT2D eigenvalue weighted by Crippen LogP contribution is 2.23. The van der Waals surface area contributed by atoms with Crippen LogP contribution in [0, 0.1) is 0 Å². The molecule has 0 aliphatic heterocycles. The molecule has 5 N–H and O–H groups in total. The first-order valence-corrected chi connectivity index (χ1v) is 7.70. The number of benzene rings is 1. The minimum absolute atomic E-state index is 0.206. The monoisotopic (exact) mass is 313 g/mol. The zero-order chi connectivity index (χ0) is 17.4. The quantitative estimate of drug-likeness (QED) is 0.577. The van der Waals surface area contributed by atoms with E-state index in [-0.39, 0.29) is 5.56 Å². The third-order valence-corrected chi connectivity index (χ3v) is 3.94. The van der Waals surface area contributed by atoms with Gasteiger partial charge >= 0.3 is 0 Å². The van der Waals surface area contributed by atoms with Crippen molar-refractivity contribution in [1.29, 1.82) is 0 Å². The topological polar surface area (TPSA) is 94.3 Å². The molecule has 0 atom stereocenters. The molecule has 1 aromatic heterocycles. The number of nitrogen functional groups attached to an aromatic ring is 2. The molecule has 0 radical (unpaired) electrons. The van der Waals surface area contributed by atoms with E-state index < -0.39 is 5.60 Å². The molecule has 1 heterocycles. The van der Waals surface area contributed by atoms with Crippen molar-refractivity contribution in [1.82, 2.24) is 4.48 Å². The van der Waals surface area contributed by atoms with E-state index in [9.17, 15) is 9.90 Å². The van der Waals surface area contributed by atoms with E-state index in [2.05, 4.69) is 13.8 Å². The lowest BCUT2D eigenvalue weighted by atomic mass is 9.80. The summed E-state index contributed by atoms with van der Waals surface area (Å²) in [4.78, 5) is 12.2. The predicted molar refractivity (Wildman–Crippen MR) is 97.5 cm³/mol. The van der Waals surface area contributed by atoms with Crippen LogP contribution in [-0.4, -0.2) is 17.0 Å². The molecular formula is C17H24BN3O2. The first kappa shape index (κ1) is 17.2. The Bertz CT molecular complexity index is 776. The van der Waals surface area contributed by atoms with Gasteiger partial charge in [-0.3, -0.25) is 4.79 Å². The maximum absolute atomic E-state index is 12.2. The van der Waals surface area contributed by atoms with E-state index in [1.807, 2.05) is 18.2 Å². The van der Waals surface area contributed by atoms with Crippen LogP contribution in [0.4, 0.5) is 11.4 Å². The number of aliphatic hydroxyl groups is 1. The lowest BCUT2D eigenvalue weighted by Crippen LogP contribution is -2.34. The van der Waals surface area contributed by atoms with Crippen molar-refractivity contribution in [2.45, 2.75) is 39.2 Å². The van der Waals surface area contributed by atoms with E-state index in [4.69, 9.17) is 11.5 Å². The fraction of sp³-hybridized carbons (Fsp3) is 0.353. The average molecular weight is 313 g/mol. The Morgan fingerprint density at radius 2 is 1.83 bits per heavy atom. The van der Waals surface area contributed by atoms with Crippen molar-refractivity contribution in [2.75, 3.05) is 11.5 Å².